The van der Waals surface area contributed by atoms with Gasteiger partial charge in [0.25, 0.3) is 5.91 Å². The van der Waals surface area contributed by atoms with E-state index < -0.39 is 5.97 Å². The van der Waals surface area contributed by atoms with Gasteiger partial charge in [0.05, 0.1) is 17.8 Å². The lowest BCUT2D eigenvalue weighted by Crippen LogP contribution is -2.24. The SMILES string of the molecule is CCOC(=O)C1=C(C)N(c2ccc(Br)cc2)C(=O)C1=Cc1ccc(Br)cc1. The minimum atomic E-state index is -0.494. The standard InChI is InChI=1S/C21H17Br2NO3/c1-3-27-21(26)19-13(2)24(17-10-8-16(23)9-11-17)20(25)18(19)12-14-4-6-15(22)7-5-14/h4-12H,3H2,1-2H3. The van der Waals surface area contributed by atoms with E-state index in [9.17, 15) is 9.59 Å². The van der Waals surface area contributed by atoms with Crippen LogP contribution in [0.3, 0.4) is 0 Å². The number of carbonyl (C=O) groups excluding carboxylic acids is 2. The quantitative estimate of drug-likeness (QED) is 0.421. The van der Waals surface area contributed by atoms with E-state index in [2.05, 4.69) is 31.9 Å². The minimum Gasteiger partial charge on any atom is -0.462 e. The second-order valence-electron chi connectivity index (χ2n) is 5.91. The van der Waals surface area contributed by atoms with Gasteiger partial charge in [-0.3, -0.25) is 9.69 Å². The number of rotatable bonds is 4. The second kappa shape index (κ2) is 8.23. The lowest BCUT2D eigenvalue weighted by molar-refractivity contribution is -0.138. The average Bonchev–Trinajstić information content (AvgIpc) is 2.88. The van der Waals surface area contributed by atoms with E-state index in [4.69, 9.17) is 4.74 Å². The van der Waals surface area contributed by atoms with Crippen molar-refractivity contribution in [2.24, 2.45) is 0 Å². The fourth-order valence-corrected chi connectivity index (χ4v) is 3.44. The third-order valence-electron chi connectivity index (χ3n) is 4.15. The van der Waals surface area contributed by atoms with Crippen LogP contribution < -0.4 is 4.90 Å². The zero-order valence-electron chi connectivity index (χ0n) is 14.8. The van der Waals surface area contributed by atoms with E-state index in [0.717, 1.165) is 14.5 Å². The predicted molar refractivity (Wildman–Crippen MR) is 113 cm³/mol. The summed E-state index contributed by atoms with van der Waals surface area (Å²) in [6.07, 6.45) is 1.73. The normalized spacial score (nSPS) is 15.6. The molecule has 0 fully saturated rings. The summed E-state index contributed by atoms with van der Waals surface area (Å²) in [6.45, 7) is 3.75. The molecule has 0 atom stereocenters. The van der Waals surface area contributed by atoms with Gasteiger partial charge >= 0.3 is 5.97 Å². The van der Waals surface area contributed by atoms with Crippen LogP contribution in [0.1, 0.15) is 19.4 Å². The van der Waals surface area contributed by atoms with Gasteiger partial charge in [0.2, 0.25) is 0 Å². The summed E-state index contributed by atoms with van der Waals surface area (Å²) < 4.78 is 7.06. The average molecular weight is 491 g/mol. The Morgan fingerprint density at radius 3 is 2.15 bits per heavy atom. The van der Waals surface area contributed by atoms with Crippen molar-refractivity contribution in [1.29, 1.82) is 0 Å². The fraction of sp³-hybridized carbons (Fsp3) is 0.143. The van der Waals surface area contributed by atoms with Crippen molar-refractivity contribution in [2.75, 3.05) is 11.5 Å². The Bertz CT molecular complexity index is 944. The van der Waals surface area contributed by atoms with Crippen molar-refractivity contribution in [3.63, 3.8) is 0 Å². The van der Waals surface area contributed by atoms with Gasteiger partial charge in [-0.05, 0) is 61.9 Å². The van der Waals surface area contributed by atoms with Crippen LogP contribution in [0.25, 0.3) is 6.08 Å². The molecule has 0 saturated carbocycles. The molecule has 1 aliphatic rings. The molecule has 138 valence electrons. The van der Waals surface area contributed by atoms with Crippen molar-refractivity contribution in [2.45, 2.75) is 13.8 Å². The molecule has 0 bridgehead atoms. The number of esters is 1. The summed E-state index contributed by atoms with van der Waals surface area (Å²) in [4.78, 5) is 27.3. The molecule has 6 heteroatoms. The maximum absolute atomic E-state index is 13.2. The van der Waals surface area contributed by atoms with E-state index in [1.165, 1.54) is 0 Å². The van der Waals surface area contributed by atoms with Crippen LogP contribution in [0.2, 0.25) is 0 Å². The maximum atomic E-state index is 13.2. The van der Waals surface area contributed by atoms with E-state index in [1.54, 1.807) is 24.8 Å². The van der Waals surface area contributed by atoms with Gasteiger partial charge in [-0.15, -0.1) is 0 Å². The molecule has 0 unspecified atom stereocenters. The molecule has 2 aromatic rings. The van der Waals surface area contributed by atoms with Crippen LogP contribution in [0.5, 0.6) is 0 Å². The van der Waals surface area contributed by atoms with E-state index in [1.807, 2.05) is 48.5 Å². The molecule has 0 saturated heterocycles. The fourth-order valence-electron chi connectivity index (χ4n) is 2.91. The van der Waals surface area contributed by atoms with Crippen molar-refractivity contribution >= 4 is 55.5 Å². The Morgan fingerprint density at radius 2 is 1.59 bits per heavy atom. The Hall–Kier alpha value is -2.18. The summed E-state index contributed by atoms with van der Waals surface area (Å²) in [7, 11) is 0. The van der Waals surface area contributed by atoms with Gasteiger partial charge in [0.1, 0.15) is 0 Å². The monoisotopic (exact) mass is 489 g/mol. The van der Waals surface area contributed by atoms with Crippen LogP contribution in [-0.4, -0.2) is 18.5 Å². The number of hydrogen-bond acceptors (Lipinski definition) is 3. The zero-order valence-corrected chi connectivity index (χ0v) is 18.0. The molecule has 3 rings (SSSR count). The number of hydrogen-bond donors (Lipinski definition) is 0. The summed E-state index contributed by atoms with van der Waals surface area (Å²) in [5, 5.41) is 0. The number of anilines is 1. The molecular formula is C21H17Br2NO3. The number of halogens is 2. The third kappa shape index (κ3) is 4.06. The highest BCUT2D eigenvalue weighted by Crippen LogP contribution is 2.36. The largest absolute Gasteiger partial charge is 0.462 e. The van der Waals surface area contributed by atoms with Gasteiger partial charge in [-0.25, -0.2) is 4.79 Å². The highest BCUT2D eigenvalue weighted by molar-refractivity contribution is 9.10. The van der Waals surface area contributed by atoms with Crippen molar-refractivity contribution < 1.29 is 14.3 Å². The van der Waals surface area contributed by atoms with Crippen LogP contribution in [0.15, 0.2) is 74.3 Å². The second-order valence-corrected chi connectivity index (χ2v) is 7.74. The van der Waals surface area contributed by atoms with Crippen LogP contribution in [0, 0.1) is 0 Å². The van der Waals surface area contributed by atoms with Crippen LogP contribution in [0.4, 0.5) is 5.69 Å². The first-order valence-corrected chi connectivity index (χ1v) is 9.96. The molecule has 0 spiro atoms. The van der Waals surface area contributed by atoms with Gasteiger partial charge in [0.15, 0.2) is 0 Å². The Kier molecular flexibility index (Phi) is 5.97. The smallest absolute Gasteiger partial charge is 0.340 e. The van der Waals surface area contributed by atoms with Gasteiger partial charge < -0.3 is 4.74 Å². The van der Waals surface area contributed by atoms with Gasteiger partial charge in [-0.2, -0.15) is 0 Å². The molecule has 1 aliphatic heterocycles. The number of carbonyl (C=O) groups is 2. The minimum absolute atomic E-state index is 0.244. The van der Waals surface area contributed by atoms with Crippen LogP contribution in [-0.2, 0) is 14.3 Å². The third-order valence-corrected chi connectivity index (χ3v) is 5.20. The number of ether oxygens (including phenoxy) is 1. The molecule has 0 radical (unpaired) electrons. The van der Waals surface area contributed by atoms with Crippen LogP contribution >= 0.6 is 31.9 Å². The highest BCUT2D eigenvalue weighted by atomic mass is 79.9. The number of allylic oxidation sites excluding steroid dienone is 1. The summed E-state index contributed by atoms with van der Waals surface area (Å²) in [5.41, 5.74) is 2.71. The van der Waals surface area contributed by atoms with Crippen molar-refractivity contribution in [3.8, 4) is 0 Å². The summed E-state index contributed by atoms with van der Waals surface area (Å²) in [6, 6.07) is 14.9. The Labute approximate surface area is 174 Å². The predicted octanol–water partition coefficient (Wildman–Crippen LogP) is 5.48. The number of nitrogens with zero attached hydrogens (tertiary/aromatic N) is 1. The molecule has 4 nitrogen and oxygen atoms in total. The maximum Gasteiger partial charge on any atom is 0.340 e. The van der Waals surface area contributed by atoms with Gasteiger partial charge in [0, 0.05) is 20.3 Å². The van der Waals surface area contributed by atoms with E-state index in [-0.39, 0.29) is 12.5 Å². The molecular weight excluding hydrogens is 474 g/mol. The van der Waals surface area contributed by atoms with E-state index >= 15 is 0 Å². The first-order chi connectivity index (χ1) is 12.9. The highest BCUT2D eigenvalue weighted by Gasteiger charge is 2.38. The molecule has 1 amide bonds. The van der Waals surface area contributed by atoms with Crippen molar-refractivity contribution in [1.82, 2.24) is 0 Å². The number of amides is 1. The summed E-state index contributed by atoms with van der Waals surface area (Å²) in [5.74, 6) is -0.743. The number of benzene rings is 2. The molecule has 1 heterocycles. The lowest BCUT2D eigenvalue weighted by atomic mass is 10.0. The molecule has 0 N–H and O–H groups in total. The van der Waals surface area contributed by atoms with Crippen molar-refractivity contribution in [3.05, 3.63) is 79.9 Å². The first kappa shape index (κ1) is 19.6. The Balaban J connectivity index is 2.11. The molecule has 0 aliphatic carbocycles. The first-order valence-electron chi connectivity index (χ1n) is 8.38. The summed E-state index contributed by atoms with van der Waals surface area (Å²) >= 11 is 6.80. The Morgan fingerprint density at radius 1 is 1.04 bits per heavy atom. The lowest BCUT2D eigenvalue weighted by Gasteiger charge is -2.18. The van der Waals surface area contributed by atoms with Gasteiger partial charge in [-0.1, -0.05) is 44.0 Å². The molecule has 2 aromatic carbocycles. The zero-order chi connectivity index (χ0) is 19.6. The topological polar surface area (TPSA) is 46.6 Å². The molecule has 0 aromatic heterocycles. The molecule has 27 heavy (non-hydrogen) atoms. The van der Waals surface area contributed by atoms with E-state index in [0.29, 0.717) is 22.5 Å².